The molecule has 0 unspecified atom stereocenters. The summed E-state index contributed by atoms with van der Waals surface area (Å²) in [5, 5.41) is 16.1. The largest absolute Gasteiger partial charge is 1.00 e. The van der Waals surface area contributed by atoms with Crippen molar-refractivity contribution in [2.75, 3.05) is 19.5 Å². The summed E-state index contributed by atoms with van der Waals surface area (Å²) in [6.45, 7) is 13.3. The average Bonchev–Trinajstić information content (AvgIpc) is 3.01. The first kappa shape index (κ1) is 40.1. The number of hydrogen-bond acceptors (Lipinski definition) is 10. The molecule has 10 nitrogen and oxygen atoms in total. The van der Waals surface area contributed by atoms with Crippen molar-refractivity contribution in [1.82, 2.24) is 15.3 Å². The fourth-order valence-corrected chi connectivity index (χ4v) is 4.06. The second-order valence-corrected chi connectivity index (χ2v) is 11.2. The van der Waals surface area contributed by atoms with Crippen LogP contribution in [0.2, 0.25) is 0 Å². The van der Waals surface area contributed by atoms with E-state index in [0.717, 1.165) is 11.3 Å². The molecule has 4 aromatic rings. The van der Waals surface area contributed by atoms with E-state index in [1.54, 1.807) is 43.5 Å². The number of aliphatic hydroxyl groups is 1. The predicted molar refractivity (Wildman–Crippen MR) is 176 cm³/mol. The molecular weight excluding hydrogens is 599 g/mol. The number of nitrogens with one attached hydrogen (secondary N) is 2. The quantitative estimate of drug-likeness (QED) is 0.136. The van der Waals surface area contributed by atoms with Gasteiger partial charge in [-0.05, 0) is 66.0 Å². The van der Waals surface area contributed by atoms with Crippen LogP contribution in [0, 0.1) is 26.7 Å². The number of nitrogens with zero attached hydrogens (tertiary/aromatic N) is 2. The smallest absolute Gasteiger partial charge is 0.497 e. The van der Waals surface area contributed by atoms with Crippen LogP contribution in [0.5, 0.6) is 11.5 Å². The number of ether oxygens (including phenoxy) is 2. The topological polar surface area (TPSA) is 140 Å². The number of hydrogen-bond donors (Lipinski definition) is 3. The first-order chi connectivity index (χ1) is 21.4. The van der Waals surface area contributed by atoms with Gasteiger partial charge >= 0.3 is 18.9 Å². The van der Waals surface area contributed by atoms with E-state index >= 15 is 0 Å². The Labute approximate surface area is 286 Å². The van der Waals surface area contributed by atoms with Crippen LogP contribution in [0.4, 0.5) is 11.5 Å². The third-order valence-electron chi connectivity index (χ3n) is 5.86. The van der Waals surface area contributed by atoms with Crippen molar-refractivity contribution in [3.8, 4) is 11.5 Å². The molecule has 0 bridgehead atoms. The Balaban J connectivity index is 0.000000549. The van der Waals surface area contributed by atoms with E-state index < -0.39 is 22.8 Å². The monoisotopic (exact) mass is 640 g/mol. The average molecular weight is 641 g/mol. The zero-order valence-electron chi connectivity index (χ0n) is 27.2. The molecule has 46 heavy (non-hydrogen) atoms. The van der Waals surface area contributed by atoms with Crippen LogP contribution in [0.3, 0.4) is 0 Å². The number of aryl methyl sites for hydroxylation is 1. The van der Waals surface area contributed by atoms with Gasteiger partial charge in [0.1, 0.15) is 23.6 Å². The minimum Gasteiger partial charge on any atom is -0.497 e. The van der Waals surface area contributed by atoms with Gasteiger partial charge in [-0.15, -0.1) is 0 Å². The number of amides is 1. The maximum atomic E-state index is 12.9. The van der Waals surface area contributed by atoms with Crippen LogP contribution >= 0.6 is 0 Å². The predicted octanol–water partition coefficient (Wildman–Crippen LogP) is 2.92. The van der Waals surface area contributed by atoms with Crippen LogP contribution in [-0.4, -0.2) is 47.3 Å². The summed E-state index contributed by atoms with van der Waals surface area (Å²) in [4.78, 5) is 21.4. The number of aliphatic hydroxyl groups excluding tert-OH is 1. The zero-order chi connectivity index (χ0) is 33.4. The van der Waals surface area contributed by atoms with Gasteiger partial charge in [0.15, 0.2) is 0 Å². The number of methoxy groups -OCH3 is 2. The van der Waals surface area contributed by atoms with Crippen LogP contribution in [0.1, 0.15) is 35.5 Å². The van der Waals surface area contributed by atoms with Crippen LogP contribution in [-0.2, 0) is 25.5 Å². The van der Waals surface area contributed by atoms with E-state index in [4.69, 9.17) is 9.47 Å². The number of rotatable bonds is 10. The molecule has 12 heteroatoms. The minimum absolute atomic E-state index is 0. The van der Waals surface area contributed by atoms with E-state index in [1.807, 2.05) is 37.3 Å². The standard InChI is InChI=1S/C23H25N4O3.C7H7O3S.C4H9.Li/c1-15-11-22(25-14-24-15)26-20-13-18(9-10-21(20)30-3)23(29)27-19(16(2)28)12-17-7-5-4-6-8-17;1-10-6-2-4-7(5-3-6)11(8)9;1-4(2)3;/h4-11,13-14,16,19,28H,2,12H2,1,3H3,(H,27,29)(H,24,25,26);2-5H,1H3;4H,1H2,2-3H3;/q3*-1;+1/t16-,19+;;;/m1.../s1. The molecule has 0 aliphatic rings. The van der Waals surface area contributed by atoms with Gasteiger partial charge < -0.3 is 47.5 Å². The summed E-state index contributed by atoms with van der Waals surface area (Å²) in [5.74, 6) is 2.08. The molecule has 1 heterocycles. The molecule has 0 saturated carbocycles. The van der Waals surface area contributed by atoms with Gasteiger partial charge in [-0.2, -0.15) is 5.92 Å². The van der Waals surface area contributed by atoms with Crippen LogP contribution < -0.4 is 39.0 Å². The van der Waals surface area contributed by atoms with Gasteiger partial charge in [0.05, 0.1) is 19.9 Å². The maximum Gasteiger partial charge on any atom is 1.00 e. The fourth-order valence-electron chi connectivity index (χ4n) is 3.70. The molecule has 242 valence electrons. The number of carbonyl (C=O) groups excluding carboxylic acids is 1. The van der Waals surface area contributed by atoms with E-state index in [-0.39, 0.29) is 29.7 Å². The first-order valence-electron chi connectivity index (χ1n) is 14.1. The summed E-state index contributed by atoms with van der Waals surface area (Å²) in [7, 11) is 0.942. The molecule has 0 aliphatic heterocycles. The van der Waals surface area contributed by atoms with Crippen molar-refractivity contribution in [2.24, 2.45) is 5.92 Å². The van der Waals surface area contributed by atoms with Gasteiger partial charge in [-0.1, -0.05) is 61.2 Å². The molecular formula is C34H41LiN4O6S-2. The van der Waals surface area contributed by atoms with Crippen molar-refractivity contribution in [1.29, 1.82) is 0 Å². The molecule has 2 atom stereocenters. The van der Waals surface area contributed by atoms with Crippen molar-refractivity contribution < 1.29 is 46.7 Å². The SMILES string of the molecule is COc1ccc([S-](=O)=O)cc1.[CH2-]C(C)C.[CH2-][C@@H](O)[C@H](Cc1ccccc1)NC(=O)c1ccc(OC)c(Nc2cc(C)ncn2)c1.[Li+]. The normalized spacial score (nSPS) is 11.4. The second kappa shape index (κ2) is 21.0. The van der Waals surface area contributed by atoms with Gasteiger partial charge in [0.25, 0.3) is 5.91 Å². The second-order valence-electron chi connectivity index (χ2n) is 10.2. The Kier molecular flexibility index (Phi) is 18.3. The number of benzene rings is 3. The Morgan fingerprint density at radius 2 is 1.57 bits per heavy atom. The molecule has 1 aromatic heterocycles. The van der Waals surface area contributed by atoms with E-state index in [9.17, 15) is 18.3 Å². The Bertz CT molecular complexity index is 1540. The van der Waals surface area contributed by atoms with Crippen molar-refractivity contribution in [2.45, 2.75) is 44.2 Å². The van der Waals surface area contributed by atoms with E-state index in [0.29, 0.717) is 40.9 Å². The maximum absolute atomic E-state index is 12.9. The van der Waals surface area contributed by atoms with Crippen molar-refractivity contribution in [3.63, 3.8) is 0 Å². The third-order valence-corrected chi connectivity index (χ3v) is 6.52. The van der Waals surface area contributed by atoms with Gasteiger partial charge in [0, 0.05) is 23.4 Å². The van der Waals surface area contributed by atoms with Crippen molar-refractivity contribution in [3.05, 3.63) is 116 Å². The third kappa shape index (κ3) is 14.5. The Morgan fingerprint density at radius 3 is 2.09 bits per heavy atom. The van der Waals surface area contributed by atoms with Crippen LogP contribution in [0.15, 0.2) is 90.1 Å². The van der Waals surface area contributed by atoms with Gasteiger partial charge in [-0.3, -0.25) is 4.79 Å². The minimum atomic E-state index is -2.14. The molecule has 0 radical (unpaired) electrons. The number of aromatic nitrogens is 2. The molecule has 4 rings (SSSR count). The van der Waals surface area contributed by atoms with E-state index in [1.165, 1.54) is 25.6 Å². The summed E-state index contributed by atoms with van der Waals surface area (Å²) in [6, 6.07) is 22.1. The van der Waals surface area contributed by atoms with Crippen molar-refractivity contribution >= 4 is 28.1 Å². The zero-order valence-corrected chi connectivity index (χ0v) is 28.0. The fraction of sp³-hybridized carbons (Fsp3) is 0.265. The first-order valence-corrected chi connectivity index (χ1v) is 15.2. The Hall–Kier alpha value is -3.88. The molecule has 3 N–H and O–H groups in total. The molecule has 0 saturated heterocycles. The summed E-state index contributed by atoms with van der Waals surface area (Å²) in [5.41, 5.74) is 2.83. The Morgan fingerprint density at radius 1 is 0.935 bits per heavy atom. The molecule has 0 aliphatic carbocycles. The molecule has 0 spiro atoms. The summed E-state index contributed by atoms with van der Waals surface area (Å²) < 4.78 is 31.0. The molecule has 3 aromatic carbocycles. The summed E-state index contributed by atoms with van der Waals surface area (Å²) >= 11 is 0. The number of anilines is 2. The number of carbonyl (C=O) groups is 1. The van der Waals surface area contributed by atoms with Crippen LogP contribution in [0.25, 0.3) is 0 Å². The summed E-state index contributed by atoms with van der Waals surface area (Å²) in [6.07, 6.45) is 0.984. The van der Waals surface area contributed by atoms with Gasteiger partial charge in [-0.25, -0.2) is 9.97 Å². The molecule has 1 amide bonds. The molecule has 0 fully saturated rings. The van der Waals surface area contributed by atoms with E-state index in [2.05, 4.69) is 48.3 Å². The van der Waals surface area contributed by atoms with Gasteiger partial charge in [0.2, 0.25) is 0 Å².